The quantitative estimate of drug-likeness (QED) is 0.553. The first-order valence-electron chi connectivity index (χ1n) is 6.61. The van der Waals surface area contributed by atoms with Gasteiger partial charge in [-0.2, -0.15) is 0 Å². The largest absolute Gasteiger partial charge is 0.480 e. The lowest BCUT2D eigenvalue weighted by molar-refractivity contribution is -0.140. The topological polar surface area (TPSA) is 133 Å². The number of carboxylic acids is 1. The summed E-state index contributed by atoms with van der Waals surface area (Å²) in [4.78, 5) is 48.1. The third kappa shape index (κ3) is 5.28. The van der Waals surface area contributed by atoms with E-state index in [9.17, 15) is 19.2 Å². The molecule has 4 N–H and O–H groups in total. The Balaban J connectivity index is 2.50. The van der Waals surface area contributed by atoms with Crippen molar-refractivity contribution in [2.24, 2.45) is 5.73 Å². The summed E-state index contributed by atoms with van der Waals surface area (Å²) in [7, 11) is 1.38. The van der Waals surface area contributed by atoms with Gasteiger partial charge in [-0.15, -0.1) is 0 Å². The first-order valence-corrected chi connectivity index (χ1v) is 6.61. The zero-order valence-corrected chi connectivity index (χ0v) is 11.9. The summed E-state index contributed by atoms with van der Waals surface area (Å²) in [5.74, 6) is -2.38. The van der Waals surface area contributed by atoms with Crippen LogP contribution in [0.4, 0.5) is 4.79 Å². The van der Waals surface area contributed by atoms with Gasteiger partial charge in [0.05, 0.1) is 6.42 Å². The number of carbonyl (C=O) groups is 4. The second-order valence-corrected chi connectivity index (χ2v) is 4.95. The van der Waals surface area contributed by atoms with Crippen molar-refractivity contribution in [1.82, 2.24) is 15.1 Å². The standard InChI is InChI=1S/C12H20N4O5/c1-15(7-10(18)16-4-2-3-5-16)12(21)14-8(11(19)20)6-9(13)17/h8H,2-7H2,1H3,(H2,13,17)(H,14,21)(H,19,20). The van der Waals surface area contributed by atoms with Crippen LogP contribution in [0.2, 0.25) is 0 Å². The first-order chi connectivity index (χ1) is 9.81. The Labute approximate surface area is 122 Å². The first kappa shape index (κ1) is 16.7. The lowest BCUT2D eigenvalue weighted by atomic mass is 10.2. The summed E-state index contributed by atoms with van der Waals surface area (Å²) in [6.45, 7) is 1.20. The van der Waals surface area contributed by atoms with E-state index in [4.69, 9.17) is 10.8 Å². The molecule has 0 aromatic rings. The smallest absolute Gasteiger partial charge is 0.326 e. The SMILES string of the molecule is CN(CC(=O)N1CCCC1)C(=O)NC(CC(N)=O)C(=O)O. The number of nitrogens with two attached hydrogens (primary N) is 1. The van der Waals surface area contributed by atoms with Crippen LogP contribution in [-0.4, -0.2) is 71.4 Å². The number of likely N-dealkylation sites (N-methyl/N-ethyl adjacent to an activating group) is 1. The normalized spacial score (nSPS) is 15.4. The van der Waals surface area contributed by atoms with Gasteiger partial charge >= 0.3 is 12.0 Å². The monoisotopic (exact) mass is 300 g/mol. The molecule has 0 aliphatic carbocycles. The highest BCUT2D eigenvalue weighted by atomic mass is 16.4. The number of nitrogens with one attached hydrogen (secondary N) is 1. The van der Waals surface area contributed by atoms with Crippen LogP contribution >= 0.6 is 0 Å². The second-order valence-electron chi connectivity index (χ2n) is 4.95. The fraction of sp³-hybridized carbons (Fsp3) is 0.667. The molecule has 0 aromatic carbocycles. The fourth-order valence-corrected chi connectivity index (χ4v) is 2.00. The number of likely N-dealkylation sites (tertiary alicyclic amines) is 1. The molecule has 1 heterocycles. The number of aliphatic carboxylic acids is 1. The van der Waals surface area contributed by atoms with Crippen LogP contribution in [0.3, 0.4) is 0 Å². The molecule has 1 aliphatic rings. The number of nitrogens with zero attached hydrogens (tertiary/aromatic N) is 2. The summed E-state index contributed by atoms with van der Waals surface area (Å²) in [5, 5.41) is 11.1. The number of primary amides is 1. The number of carboxylic acid groups (broad SMARTS) is 1. The molecule has 1 saturated heterocycles. The van der Waals surface area contributed by atoms with Crippen molar-refractivity contribution < 1.29 is 24.3 Å². The maximum Gasteiger partial charge on any atom is 0.326 e. The molecule has 118 valence electrons. The minimum absolute atomic E-state index is 0.144. The summed E-state index contributed by atoms with van der Waals surface area (Å²) < 4.78 is 0. The van der Waals surface area contributed by atoms with E-state index in [1.54, 1.807) is 4.90 Å². The number of rotatable bonds is 6. The highest BCUT2D eigenvalue weighted by Gasteiger charge is 2.26. The van der Waals surface area contributed by atoms with E-state index in [1.807, 2.05) is 0 Å². The molecule has 1 atom stereocenters. The molecular weight excluding hydrogens is 280 g/mol. The molecule has 0 radical (unpaired) electrons. The van der Waals surface area contributed by atoms with Gasteiger partial charge in [-0.05, 0) is 12.8 Å². The van der Waals surface area contributed by atoms with Crippen molar-refractivity contribution in [2.75, 3.05) is 26.7 Å². The van der Waals surface area contributed by atoms with Gasteiger partial charge in [0.2, 0.25) is 11.8 Å². The molecule has 0 bridgehead atoms. The third-order valence-corrected chi connectivity index (χ3v) is 3.18. The average Bonchev–Trinajstić information content (AvgIpc) is 2.90. The molecular formula is C12H20N4O5. The fourth-order valence-electron chi connectivity index (χ4n) is 2.00. The lowest BCUT2D eigenvalue weighted by Crippen LogP contribution is -2.50. The zero-order chi connectivity index (χ0) is 16.0. The zero-order valence-electron chi connectivity index (χ0n) is 11.9. The van der Waals surface area contributed by atoms with Gasteiger partial charge in [-0.1, -0.05) is 0 Å². The van der Waals surface area contributed by atoms with Crippen LogP contribution in [0.1, 0.15) is 19.3 Å². The van der Waals surface area contributed by atoms with Crippen molar-refractivity contribution in [1.29, 1.82) is 0 Å². The lowest BCUT2D eigenvalue weighted by Gasteiger charge is -2.23. The molecule has 9 heteroatoms. The van der Waals surface area contributed by atoms with Crippen LogP contribution in [0.15, 0.2) is 0 Å². The van der Waals surface area contributed by atoms with E-state index in [2.05, 4.69) is 5.32 Å². The predicted octanol–water partition coefficient (Wildman–Crippen LogP) is -1.42. The van der Waals surface area contributed by atoms with E-state index in [0.717, 1.165) is 17.7 Å². The van der Waals surface area contributed by atoms with Gasteiger partial charge in [0.25, 0.3) is 0 Å². The molecule has 0 saturated carbocycles. The molecule has 1 fully saturated rings. The molecule has 21 heavy (non-hydrogen) atoms. The van der Waals surface area contributed by atoms with Gasteiger partial charge < -0.3 is 26.0 Å². The number of urea groups is 1. The molecule has 1 unspecified atom stereocenters. The van der Waals surface area contributed by atoms with Gasteiger partial charge in [0.1, 0.15) is 12.6 Å². The number of hydrogen-bond acceptors (Lipinski definition) is 4. The number of carbonyl (C=O) groups excluding carboxylic acids is 3. The van der Waals surface area contributed by atoms with E-state index >= 15 is 0 Å². The van der Waals surface area contributed by atoms with Gasteiger partial charge in [0, 0.05) is 20.1 Å². The van der Waals surface area contributed by atoms with Crippen LogP contribution in [0, 0.1) is 0 Å². The number of amides is 4. The van der Waals surface area contributed by atoms with Gasteiger partial charge in [0.15, 0.2) is 0 Å². The van der Waals surface area contributed by atoms with Crippen LogP contribution < -0.4 is 11.1 Å². The Morgan fingerprint density at radius 3 is 2.33 bits per heavy atom. The van der Waals surface area contributed by atoms with Crippen molar-refractivity contribution in [2.45, 2.75) is 25.3 Å². The van der Waals surface area contributed by atoms with Crippen molar-refractivity contribution >= 4 is 23.8 Å². The number of hydrogen-bond donors (Lipinski definition) is 3. The Hall–Kier alpha value is -2.32. The van der Waals surface area contributed by atoms with E-state index in [1.165, 1.54) is 7.05 Å². The van der Waals surface area contributed by atoms with Crippen molar-refractivity contribution in [3.63, 3.8) is 0 Å². The van der Waals surface area contributed by atoms with Crippen molar-refractivity contribution in [3.05, 3.63) is 0 Å². The second kappa shape index (κ2) is 7.46. The molecule has 1 rings (SSSR count). The van der Waals surface area contributed by atoms with E-state index in [-0.39, 0.29) is 12.5 Å². The molecule has 0 spiro atoms. The summed E-state index contributed by atoms with van der Waals surface area (Å²) >= 11 is 0. The third-order valence-electron chi connectivity index (χ3n) is 3.18. The van der Waals surface area contributed by atoms with E-state index in [0.29, 0.717) is 13.1 Å². The maximum atomic E-state index is 11.9. The molecule has 1 aliphatic heterocycles. The van der Waals surface area contributed by atoms with Crippen LogP contribution in [-0.2, 0) is 14.4 Å². The Morgan fingerprint density at radius 2 is 1.86 bits per heavy atom. The Kier molecular flexibility index (Phi) is 5.94. The Bertz CT molecular complexity index is 433. The van der Waals surface area contributed by atoms with Crippen molar-refractivity contribution in [3.8, 4) is 0 Å². The molecule has 9 nitrogen and oxygen atoms in total. The van der Waals surface area contributed by atoms with E-state index < -0.39 is 30.4 Å². The van der Waals surface area contributed by atoms with Crippen LogP contribution in [0.25, 0.3) is 0 Å². The highest BCUT2D eigenvalue weighted by molar-refractivity contribution is 5.89. The maximum absolute atomic E-state index is 11.9. The summed E-state index contributed by atoms with van der Waals surface area (Å²) in [5.41, 5.74) is 4.92. The van der Waals surface area contributed by atoms with Gasteiger partial charge in [-0.3, -0.25) is 9.59 Å². The molecule has 0 aromatic heterocycles. The molecule has 4 amide bonds. The minimum Gasteiger partial charge on any atom is -0.480 e. The predicted molar refractivity (Wildman–Crippen MR) is 72.2 cm³/mol. The average molecular weight is 300 g/mol. The highest BCUT2D eigenvalue weighted by Crippen LogP contribution is 2.07. The van der Waals surface area contributed by atoms with Crippen LogP contribution in [0.5, 0.6) is 0 Å². The van der Waals surface area contributed by atoms with Gasteiger partial charge in [-0.25, -0.2) is 9.59 Å². The minimum atomic E-state index is -1.40. The summed E-state index contributed by atoms with van der Waals surface area (Å²) in [6, 6.07) is -2.14. The summed E-state index contributed by atoms with van der Waals surface area (Å²) in [6.07, 6.45) is 1.39. The Morgan fingerprint density at radius 1 is 1.29 bits per heavy atom.